The lowest BCUT2D eigenvalue weighted by Gasteiger charge is -2.08. The molecule has 0 spiro atoms. The lowest BCUT2D eigenvalue weighted by molar-refractivity contribution is -0.384. The standard InChI is InChI=1S/C15H13ClN2O5/c16-10-1-4-12(5-2-10)23-8-7-15(20)17-13-9-11(18(21)22)3-6-14(13)19/h1-6,9,19H,7-8H2,(H,17,20). The first kappa shape index (κ1) is 16.6. The summed E-state index contributed by atoms with van der Waals surface area (Å²) < 4.78 is 5.37. The Morgan fingerprint density at radius 1 is 1.26 bits per heavy atom. The third-order valence-corrected chi connectivity index (χ3v) is 3.13. The molecule has 0 atom stereocenters. The van der Waals surface area contributed by atoms with Gasteiger partial charge in [0.25, 0.3) is 5.69 Å². The molecule has 0 radical (unpaired) electrons. The van der Waals surface area contributed by atoms with Gasteiger partial charge in [-0.25, -0.2) is 0 Å². The SMILES string of the molecule is O=C(CCOc1ccc(Cl)cc1)Nc1cc([N+](=O)[O-])ccc1O. The zero-order valence-electron chi connectivity index (χ0n) is 11.9. The monoisotopic (exact) mass is 336 g/mol. The van der Waals surface area contributed by atoms with Gasteiger partial charge in [0.1, 0.15) is 11.5 Å². The van der Waals surface area contributed by atoms with Gasteiger partial charge in [-0.1, -0.05) is 11.6 Å². The molecule has 2 N–H and O–H groups in total. The molecule has 0 aliphatic heterocycles. The number of ether oxygens (including phenoxy) is 1. The minimum atomic E-state index is -0.612. The highest BCUT2D eigenvalue weighted by molar-refractivity contribution is 6.30. The zero-order chi connectivity index (χ0) is 16.8. The van der Waals surface area contributed by atoms with Crippen LogP contribution >= 0.6 is 11.6 Å². The molecule has 0 aliphatic rings. The van der Waals surface area contributed by atoms with E-state index in [1.807, 2.05) is 0 Å². The van der Waals surface area contributed by atoms with Crippen LogP contribution in [0.15, 0.2) is 42.5 Å². The molecule has 120 valence electrons. The van der Waals surface area contributed by atoms with Crippen molar-refractivity contribution in [3.8, 4) is 11.5 Å². The Kier molecular flexibility index (Phi) is 5.37. The fourth-order valence-electron chi connectivity index (χ4n) is 1.74. The van der Waals surface area contributed by atoms with Crippen LogP contribution in [0.4, 0.5) is 11.4 Å². The number of nitro groups is 1. The second kappa shape index (κ2) is 7.46. The molecule has 0 unspecified atom stereocenters. The maximum absolute atomic E-state index is 11.8. The second-order valence-electron chi connectivity index (χ2n) is 4.56. The van der Waals surface area contributed by atoms with Gasteiger partial charge < -0.3 is 15.2 Å². The molecule has 1 amide bonds. The first-order valence-electron chi connectivity index (χ1n) is 6.61. The molecule has 0 heterocycles. The fourth-order valence-corrected chi connectivity index (χ4v) is 1.87. The first-order valence-corrected chi connectivity index (χ1v) is 6.99. The Hall–Kier alpha value is -2.80. The molecule has 0 bridgehead atoms. The van der Waals surface area contributed by atoms with Gasteiger partial charge in [0, 0.05) is 17.2 Å². The number of nitrogens with zero attached hydrogens (tertiary/aromatic N) is 1. The second-order valence-corrected chi connectivity index (χ2v) is 5.00. The van der Waals surface area contributed by atoms with Gasteiger partial charge in [-0.15, -0.1) is 0 Å². The third kappa shape index (κ3) is 4.86. The number of halogens is 1. The molecule has 2 aromatic carbocycles. The van der Waals surface area contributed by atoms with Crippen molar-refractivity contribution >= 4 is 28.9 Å². The van der Waals surface area contributed by atoms with E-state index in [0.717, 1.165) is 18.2 Å². The van der Waals surface area contributed by atoms with Gasteiger partial charge in [0.05, 0.1) is 23.6 Å². The lowest BCUT2D eigenvalue weighted by Crippen LogP contribution is -2.15. The summed E-state index contributed by atoms with van der Waals surface area (Å²) in [4.78, 5) is 21.9. The number of nitrogens with one attached hydrogen (secondary N) is 1. The van der Waals surface area contributed by atoms with Gasteiger partial charge in [-0.3, -0.25) is 14.9 Å². The van der Waals surface area contributed by atoms with Crippen molar-refractivity contribution in [2.75, 3.05) is 11.9 Å². The van der Waals surface area contributed by atoms with E-state index in [1.165, 1.54) is 0 Å². The summed E-state index contributed by atoms with van der Waals surface area (Å²) in [6.07, 6.45) is 0.0186. The van der Waals surface area contributed by atoms with Crippen molar-refractivity contribution in [1.29, 1.82) is 0 Å². The van der Waals surface area contributed by atoms with Crippen LogP contribution < -0.4 is 10.1 Å². The van der Waals surface area contributed by atoms with Crippen LogP contribution in [0, 0.1) is 10.1 Å². The number of carbonyl (C=O) groups is 1. The highest BCUT2D eigenvalue weighted by atomic mass is 35.5. The van der Waals surface area contributed by atoms with E-state index in [-0.39, 0.29) is 30.2 Å². The van der Waals surface area contributed by atoms with Crippen molar-refractivity contribution in [3.05, 3.63) is 57.6 Å². The number of non-ortho nitro benzene ring substituents is 1. The van der Waals surface area contributed by atoms with Crippen LogP contribution in [-0.2, 0) is 4.79 Å². The van der Waals surface area contributed by atoms with E-state index in [9.17, 15) is 20.0 Å². The molecule has 0 saturated heterocycles. The van der Waals surface area contributed by atoms with E-state index in [2.05, 4.69) is 5.32 Å². The van der Waals surface area contributed by atoms with Gasteiger partial charge in [-0.2, -0.15) is 0 Å². The average molecular weight is 337 g/mol. The number of amides is 1. The Bertz CT molecular complexity index is 718. The normalized spacial score (nSPS) is 10.1. The van der Waals surface area contributed by atoms with Crippen LogP contribution in [0.1, 0.15) is 6.42 Å². The van der Waals surface area contributed by atoms with Crippen molar-refractivity contribution in [2.45, 2.75) is 6.42 Å². The van der Waals surface area contributed by atoms with E-state index < -0.39 is 10.8 Å². The summed E-state index contributed by atoms with van der Waals surface area (Å²) >= 11 is 5.74. The smallest absolute Gasteiger partial charge is 0.271 e. The predicted molar refractivity (Wildman–Crippen MR) is 85.0 cm³/mol. The zero-order valence-corrected chi connectivity index (χ0v) is 12.6. The molecule has 0 aromatic heterocycles. The summed E-state index contributed by atoms with van der Waals surface area (Å²) in [5, 5.41) is 23.3. The Morgan fingerprint density at radius 3 is 2.61 bits per heavy atom. The minimum Gasteiger partial charge on any atom is -0.506 e. The van der Waals surface area contributed by atoms with E-state index in [0.29, 0.717) is 10.8 Å². The van der Waals surface area contributed by atoms with Crippen molar-refractivity contribution in [1.82, 2.24) is 0 Å². The van der Waals surface area contributed by atoms with E-state index >= 15 is 0 Å². The summed E-state index contributed by atoms with van der Waals surface area (Å²) in [5.74, 6) is -0.113. The number of aromatic hydroxyl groups is 1. The molecule has 0 aliphatic carbocycles. The average Bonchev–Trinajstić information content (AvgIpc) is 2.51. The highest BCUT2D eigenvalue weighted by Crippen LogP contribution is 2.27. The predicted octanol–water partition coefficient (Wildman–Crippen LogP) is 3.36. The Morgan fingerprint density at radius 2 is 1.96 bits per heavy atom. The van der Waals surface area contributed by atoms with Crippen molar-refractivity contribution in [2.24, 2.45) is 0 Å². The Balaban J connectivity index is 1.88. The van der Waals surface area contributed by atoms with Crippen LogP contribution in [0.25, 0.3) is 0 Å². The first-order chi connectivity index (χ1) is 11.0. The molecular formula is C15H13ClN2O5. The molecule has 23 heavy (non-hydrogen) atoms. The number of rotatable bonds is 6. The van der Waals surface area contributed by atoms with E-state index in [1.54, 1.807) is 24.3 Å². The lowest BCUT2D eigenvalue weighted by atomic mass is 10.2. The molecule has 7 nitrogen and oxygen atoms in total. The van der Waals surface area contributed by atoms with Crippen LogP contribution in [0.3, 0.4) is 0 Å². The summed E-state index contributed by atoms with van der Waals surface area (Å²) in [7, 11) is 0. The number of phenols is 1. The molecule has 8 heteroatoms. The molecule has 2 aromatic rings. The third-order valence-electron chi connectivity index (χ3n) is 2.88. The summed E-state index contributed by atoms with van der Waals surface area (Å²) in [5.41, 5.74) is -0.244. The fraction of sp³-hybridized carbons (Fsp3) is 0.133. The highest BCUT2D eigenvalue weighted by Gasteiger charge is 2.12. The number of hydrogen-bond donors (Lipinski definition) is 2. The van der Waals surface area contributed by atoms with Gasteiger partial charge in [-0.05, 0) is 30.3 Å². The largest absolute Gasteiger partial charge is 0.506 e. The van der Waals surface area contributed by atoms with Gasteiger partial charge in [0.2, 0.25) is 5.91 Å². The maximum Gasteiger partial charge on any atom is 0.271 e. The van der Waals surface area contributed by atoms with Crippen LogP contribution in [0.5, 0.6) is 11.5 Å². The number of benzene rings is 2. The van der Waals surface area contributed by atoms with Crippen LogP contribution in [-0.4, -0.2) is 22.5 Å². The quantitative estimate of drug-likeness (QED) is 0.478. The number of carbonyl (C=O) groups excluding carboxylic acids is 1. The van der Waals surface area contributed by atoms with Gasteiger partial charge >= 0.3 is 0 Å². The van der Waals surface area contributed by atoms with Crippen LogP contribution in [0.2, 0.25) is 5.02 Å². The topological polar surface area (TPSA) is 102 Å². The summed E-state index contributed by atoms with van der Waals surface area (Å²) in [6, 6.07) is 10.1. The number of hydrogen-bond acceptors (Lipinski definition) is 5. The van der Waals surface area contributed by atoms with Gasteiger partial charge in [0.15, 0.2) is 0 Å². The Labute approximate surface area is 136 Å². The molecular weight excluding hydrogens is 324 g/mol. The van der Waals surface area contributed by atoms with E-state index in [4.69, 9.17) is 16.3 Å². The molecule has 0 saturated carbocycles. The molecule has 0 fully saturated rings. The number of nitro benzene ring substituents is 1. The van der Waals surface area contributed by atoms with Crippen molar-refractivity contribution in [3.63, 3.8) is 0 Å². The number of anilines is 1. The van der Waals surface area contributed by atoms with Crippen molar-refractivity contribution < 1.29 is 19.6 Å². The minimum absolute atomic E-state index is 0.0179. The summed E-state index contributed by atoms with van der Waals surface area (Å²) in [6.45, 7) is 0.114. The maximum atomic E-state index is 11.8. The molecule has 2 rings (SSSR count). The number of phenolic OH excluding ortho intramolecular Hbond substituents is 1.